The van der Waals surface area contributed by atoms with E-state index in [1.54, 1.807) is 0 Å². The molecule has 1 heterocycles. The summed E-state index contributed by atoms with van der Waals surface area (Å²) < 4.78 is 2.98. The average Bonchev–Trinajstić information content (AvgIpc) is 2.31. The summed E-state index contributed by atoms with van der Waals surface area (Å²) in [6.07, 6.45) is 2.82. The first kappa shape index (κ1) is 8.74. The van der Waals surface area contributed by atoms with Crippen LogP contribution in [0.1, 0.15) is 12.0 Å². The SMILES string of the molecule is Cc1cnn(CCCN)c1Br. The fourth-order valence-electron chi connectivity index (χ4n) is 0.861. The number of hydrogen-bond donors (Lipinski definition) is 1. The standard InChI is InChI=1S/C7H12BrN3/c1-6-5-10-11(7(6)8)4-2-3-9/h5H,2-4,9H2,1H3. The summed E-state index contributed by atoms with van der Waals surface area (Å²) in [5, 5.41) is 4.17. The Labute approximate surface area is 74.7 Å². The molecule has 0 spiro atoms. The zero-order valence-electron chi connectivity index (χ0n) is 6.55. The van der Waals surface area contributed by atoms with Crippen molar-refractivity contribution in [2.75, 3.05) is 6.54 Å². The predicted octanol–water partition coefficient (Wildman–Crippen LogP) is 1.30. The van der Waals surface area contributed by atoms with E-state index in [0.29, 0.717) is 6.54 Å². The van der Waals surface area contributed by atoms with Crippen molar-refractivity contribution in [2.45, 2.75) is 19.9 Å². The van der Waals surface area contributed by atoms with E-state index < -0.39 is 0 Å². The van der Waals surface area contributed by atoms with Gasteiger partial charge in [-0.25, -0.2) is 0 Å². The van der Waals surface area contributed by atoms with E-state index in [1.165, 1.54) is 5.56 Å². The molecule has 1 aromatic rings. The quantitative estimate of drug-likeness (QED) is 0.830. The maximum absolute atomic E-state index is 5.38. The number of halogens is 1. The molecule has 0 aliphatic carbocycles. The number of hydrogen-bond acceptors (Lipinski definition) is 2. The first-order valence-electron chi connectivity index (χ1n) is 3.63. The molecule has 3 nitrogen and oxygen atoms in total. The number of aromatic nitrogens is 2. The molecule has 62 valence electrons. The van der Waals surface area contributed by atoms with Gasteiger partial charge in [0.25, 0.3) is 0 Å². The number of nitrogens with zero attached hydrogens (tertiary/aromatic N) is 2. The van der Waals surface area contributed by atoms with E-state index in [9.17, 15) is 0 Å². The summed E-state index contributed by atoms with van der Waals surface area (Å²) in [5.74, 6) is 0. The second-order valence-corrected chi connectivity index (χ2v) is 3.23. The summed E-state index contributed by atoms with van der Waals surface area (Å²) in [6, 6.07) is 0. The lowest BCUT2D eigenvalue weighted by Gasteiger charge is -2.00. The number of nitrogens with two attached hydrogens (primary N) is 1. The van der Waals surface area contributed by atoms with E-state index in [4.69, 9.17) is 5.73 Å². The molecule has 0 aliphatic heterocycles. The highest BCUT2D eigenvalue weighted by Crippen LogP contribution is 2.14. The molecule has 0 aliphatic rings. The second-order valence-electron chi connectivity index (χ2n) is 2.48. The van der Waals surface area contributed by atoms with Crippen molar-refractivity contribution < 1.29 is 0 Å². The third-order valence-electron chi connectivity index (χ3n) is 1.52. The average molecular weight is 218 g/mol. The maximum Gasteiger partial charge on any atom is 0.106 e. The Morgan fingerprint density at radius 2 is 2.45 bits per heavy atom. The Hall–Kier alpha value is -0.350. The minimum absolute atomic E-state index is 0.714. The van der Waals surface area contributed by atoms with Crippen LogP contribution in [0.15, 0.2) is 10.8 Å². The van der Waals surface area contributed by atoms with Gasteiger partial charge in [0.15, 0.2) is 0 Å². The monoisotopic (exact) mass is 217 g/mol. The van der Waals surface area contributed by atoms with Crippen molar-refractivity contribution in [3.63, 3.8) is 0 Å². The van der Waals surface area contributed by atoms with Crippen molar-refractivity contribution in [3.05, 3.63) is 16.4 Å². The van der Waals surface area contributed by atoms with E-state index in [2.05, 4.69) is 21.0 Å². The van der Waals surface area contributed by atoms with Gasteiger partial charge in [-0.05, 0) is 35.8 Å². The highest BCUT2D eigenvalue weighted by Gasteiger charge is 2.01. The molecule has 11 heavy (non-hydrogen) atoms. The fourth-order valence-corrected chi connectivity index (χ4v) is 1.23. The molecule has 2 N–H and O–H groups in total. The van der Waals surface area contributed by atoms with Gasteiger partial charge >= 0.3 is 0 Å². The Morgan fingerprint density at radius 1 is 1.73 bits per heavy atom. The zero-order valence-corrected chi connectivity index (χ0v) is 8.13. The van der Waals surface area contributed by atoms with Crippen LogP contribution in [0.4, 0.5) is 0 Å². The van der Waals surface area contributed by atoms with Gasteiger partial charge in [-0.15, -0.1) is 0 Å². The Balaban J connectivity index is 2.63. The van der Waals surface area contributed by atoms with Crippen molar-refractivity contribution in [2.24, 2.45) is 5.73 Å². The molecule has 0 fully saturated rings. The van der Waals surface area contributed by atoms with Gasteiger partial charge in [-0.2, -0.15) is 5.10 Å². The van der Waals surface area contributed by atoms with Gasteiger partial charge in [0.05, 0.1) is 6.20 Å². The minimum Gasteiger partial charge on any atom is -0.330 e. The molecular formula is C7H12BrN3. The molecular weight excluding hydrogens is 206 g/mol. The molecule has 0 saturated heterocycles. The number of rotatable bonds is 3. The van der Waals surface area contributed by atoms with Crippen LogP contribution in [-0.2, 0) is 6.54 Å². The molecule has 1 rings (SSSR count). The van der Waals surface area contributed by atoms with Crippen LogP contribution in [0.3, 0.4) is 0 Å². The first-order valence-corrected chi connectivity index (χ1v) is 4.43. The molecule has 1 aromatic heterocycles. The van der Waals surface area contributed by atoms with E-state index in [1.807, 2.05) is 17.8 Å². The van der Waals surface area contributed by atoms with Gasteiger partial charge in [-0.3, -0.25) is 4.68 Å². The van der Waals surface area contributed by atoms with Gasteiger partial charge in [-0.1, -0.05) is 0 Å². The molecule has 4 heteroatoms. The van der Waals surface area contributed by atoms with Crippen LogP contribution in [0.5, 0.6) is 0 Å². The third kappa shape index (κ3) is 2.04. The topological polar surface area (TPSA) is 43.8 Å². The van der Waals surface area contributed by atoms with Gasteiger partial charge in [0, 0.05) is 12.1 Å². The zero-order chi connectivity index (χ0) is 8.27. The Bertz CT molecular complexity index is 232. The lowest BCUT2D eigenvalue weighted by molar-refractivity contribution is 0.574. The smallest absolute Gasteiger partial charge is 0.106 e. The van der Waals surface area contributed by atoms with Crippen LogP contribution >= 0.6 is 15.9 Å². The molecule has 0 saturated carbocycles. The second kappa shape index (κ2) is 3.88. The molecule has 0 atom stereocenters. The predicted molar refractivity (Wildman–Crippen MR) is 48.3 cm³/mol. The molecule has 0 unspecified atom stereocenters. The largest absolute Gasteiger partial charge is 0.330 e. The summed E-state index contributed by atoms with van der Waals surface area (Å²) in [7, 11) is 0. The maximum atomic E-state index is 5.38. The van der Waals surface area contributed by atoms with Crippen molar-refractivity contribution in [1.29, 1.82) is 0 Å². The van der Waals surface area contributed by atoms with E-state index >= 15 is 0 Å². The van der Waals surface area contributed by atoms with E-state index in [0.717, 1.165) is 17.6 Å². The highest BCUT2D eigenvalue weighted by atomic mass is 79.9. The van der Waals surface area contributed by atoms with Gasteiger partial charge < -0.3 is 5.73 Å². The number of aryl methyl sites for hydroxylation is 2. The summed E-state index contributed by atoms with van der Waals surface area (Å²) in [5.41, 5.74) is 6.55. The van der Waals surface area contributed by atoms with Crippen LogP contribution < -0.4 is 5.73 Å². The summed E-state index contributed by atoms with van der Waals surface area (Å²) in [6.45, 7) is 3.63. The van der Waals surface area contributed by atoms with Crippen molar-refractivity contribution >= 4 is 15.9 Å². The lowest BCUT2D eigenvalue weighted by Crippen LogP contribution is -2.06. The highest BCUT2D eigenvalue weighted by molar-refractivity contribution is 9.10. The van der Waals surface area contributed by atoms with Crippen LogP contribution in [0.25, 0.3) is 0 Å². The molecule has 0 amide bonds. The van der Waals surface area contributed by atoms with Crippen LogP contribution in [0, 0.1) is 6.92 Å². The van der Waals surface area contributed by atoms with Crippen LogP contribution in [0.2, 0.25) is 0 Å². The first-order chi connectivity index (χ1) is 5.25. The van der Waals surface area contributed by atoms with Crippen LogP contribution in [-0.4, -0.2) is 16.3 Å². The Morgan fingerprint density at radius 3 is 2.91 bits per heavy atom. The fraction of sp³-hybridized carbons (Fsp3) is 0.571. The van der Waals surface area contributed by atoms with Gasteiger partial charge in [0.2, 0.25) is 0 Å². The van der Waals surface area contributed by atoms with E-state index in [-0.39, 0.29) is 0 Å². The summed E-state index contributed by atoms with van der Waals surface area (Å²) >= 11 is 3.44. The van der Waals surface area contributed by atoms with Gasteiger partial charge in [0.1, 0.15) is 4.60 Å². The van der Waals surface area contributed by atoms with Crippen molar-refractivity contribution in [3.8, 4) is 0 Å². The normalized spacial score (nSPS) is 10.5. The minimum atomic E-state index is 0.714. The molecule has 0 radical (unpaired) electrons. The Kier molecular flexibility index (Phi) is 3.08. The summed E-state index contributed by atoms with van der Waals surface area (Å²) in [4.78, 5) is 0. The molecule has 0 bridgehead atoms. The third-order valence-corrected chi connectivity index (χ3v) is 2.55. The molecule has 0 aromatic carbocycles. The van der Waals surface area contributed by atoms with Crippen molar-refractivity contribution in [1.82, 2.24) is 9.78 Å². The lowest BCUT2D eigenvalue weighted by atomic mass is 10.4.